The number of carbonyl (C=O) groups is 2. The van der Waals surface area contributed by atoms with Crippen LogP contribution in [0.15, 0.2) is 0 Å². The molecule has 6 heteroatoms. The number of hydrogen-bond donors (Lipinski definition) is 2. The molecule has 0 aliphatic heterocycles. The van der Waals surface area contributed by atoms with Gasteiger partial charge in [0.15, 0.2) is 6.10 Å². The number of aliphatic carboxylic acids is 1. The Morgan fingerprint density at radius 2 is 1.72 bits per heavy atom. The lowest BCUT2D eigenvalue weighted by Gasteiger charge is -2.30. The number of methoxy groups -OCH3 is 1. The maximum Gasteiger partial charge on any atom is 0.407 e. The van der Waals surface area contributed by atoms with Crippen LogP contribution >= 0.6 is 0 Å². The van der Waals surface area contributed by atoms with Crippen LogP contribution in [0, 0.1) is 5.41 Å². The van der Waals surface area contributed by atoms with Crippen LogP contribution in [0.2, 0.25) is 0 Å². The van der Waals surface area contributed by atoms with E-state index in [1.807, 2.05) is 0 Å². The first-order chi connectivity index (χ1) is 7.99. The fourth-order valence-electron chi connectivity index (χ4n) is 1.46. The van der Waals surface area contributed by atoms with Gasteiger partial charge in [-0.1, -0.05) is 13.8 Å². The highest BCUT2D eigenvalue weighted by molar-refractivity contribution is 5.73. The minimum absolute atomic E-state index is 0.146. The van der Waals surface area contributed by atoms with Crippen molar-refractivity contribution >= 4 is 12.1 Å². The van der Waals surface area contributed by atoms with Gasteiger partial charge in [0.05, 0.1) is 0 Å². The van der Waals surface area contributed by atoms with E-state index in [4.69, 9.17) is 14.6 Å². The number of alkyl carbamates (subject to hydrolysis) is 1. The summed E-state index contributed by atoms with van der Waals surface area (Å²) < 4.78 is 9.99. The molecule has 18 heavy (non-hydrogen) atoms. The monoisotopic (exact) mass is 261 g/mol. The van der Waals surface area contributed by atoms with E-state index in [1.165, 1.54) is 7.11 Å². The summed E-state index contributed by atoms with van der Waals surface area (Å²) in [5.41, 5.74) is -1.32. The molecule has 0 saturated heterocycles. The second kappa shape index (κ2) is 6.04. The zero-order valence-corrected chi connectivity index (χ0v) is 11.9. The number of rotatable bonds is 5. The van der Waals surface area contributed by atoms with Gasteiger partial charge >= 0.3 is 12.1 Å². The van der Waals surface area contributed by atoms with E-state index in [9.17, 15) is 9.59 Å². The number of nitrogens with one attached hydrogen (secondary N) is 1. The van der Waals surface area contributed by atoms with Gasteiger partial charge in [-0.2, -0.15) is 0 Å². The summed E-state index contributed by atoms with van der Waals surface area (Å²) in [5.74, 6) is -1.06. The third-order valence-electron chi connectivity index (χ3n) is 2.26. The van der Waals surface area contributed by atoms with Crippen LogP contribution in [0.1, 0.15) is 34.6 Å². The van der Waals surface area contributed by atoms with E-state index in [1.54, 1.807) is 34.6 Å². The molecule has 0 saturated carbocycles. The van der Waals surface area contributed by atoms with Gasteiger partial charge in [-0.15, -0.1) is 0 Å². The van der Waals surface area contributed by atoms with E-state index in [2.05, 4.69) is 5.32 Å². The van der Waals surface area contributed by atoms with Gasteiger partial charge in [-0.05, 0) is 20.8 Å². The van der Waals surface area contributed by atoms with E-state index >= 15 is 0 Å². The van der Waals surface area contributed by atoms with Crippen molar-refractivity contribution < 1.29 is 24.2 Å². The summed E-state index contributed by atoms with van der Waals surface area (Å²) in [6, 6.07) is 0. The first kappa shape index (κ1) is 16.7. The van der Waals surface area contributed by atoms with Crippen LogP contribution in [0.4, 0.5) is 4.79 Å². The molecule has 0 radical (unpaired) electrons. The summed E-state index contributed by atoms with van der Waals surface area (Å²) in [6.45, 7) is 8.82. The molecule has 0 heterocycles. The predicted octanol–water partition coefficient (Wildman–Crippen LogP) is 1.64. The number of ether oxygens (including phenoxy) is 2. The Balaban J connectivity index is 4.42. The summed E-state index contributed by atoms with van der Waals surface area (Å²) in [4.78, 5) is 22.4. The molecular formula is C12H23NO5. The molecule has 0 aliphatic rings. The molecule has 0 aromatic rings. The molecule has 1 unspecified atom stereocenters. The lowest BCUT2D eigenvalue weighted by molar-refractivity contribution is -0.155. The Hall–Kier alpha value is -1.30. The molecule has 0 aromatic carbocycles. The lowest BCUT2D eigenvalue weighted by atomic mass is 9.86. The average Bonchev–Trinajstić information content (AvgIpc) is 2.12. The standard InChI is InChI=1S/C12H23NO5/c1-11(2,3)18-10(16)13-7-12(4,5)8(17-6)9(14)15/h8H,7H2,1-6H3,(H,13,16)(H,14,15). The second-order valence-electron chi connectivity index (χ2n) is 5.80. The van der Waals surface area contributed by atoms with Crippen molar-refractivity contribution in [2.75, 3.05) is 13.7 Å². The molecule has 0 fully saturated rings. The Morgan fingerprint density at radius 3 is 2.06 bits per heavy atom. The maximum absolute atomic E-state index is 11.5. The van der Waals surface area contributed by atoms with Gasteiger partial charge < -0.3 is 19.9 Å². The smallest absolute Gasteiger partial charge is 0.407 e. The van der Waals surface area contributed by atoms with Crippen LogP contribution in [-0.2, 0) is 14.3 Å². The molecule has 0 aromatic heterocycles. The van der Waals surface area contributed by atoms with Crippen LogP contribution in [-0.4, -0.2) is 42.5 Å². The zero-order chi connectivity index (χ0) is 14.6. The minimum atomic E-state index is -1.06. The molecule has 0 aliphatic carbocycles. The van der Waals surface area contributed by atoms with Gasteiger partial charge in [0.25, 0.3) is 0 Å². The maximum atomic E-state index is 11.5. The summed E-state index contributed by atoms with van der Waals surface area (Å²) >= 11 is 0. The van der Waals surface area contributed by atoms with Crippen LogP contribution in [0.5, 0.6) is 0 Å². The molecule has 0 spiro atoms. The van der Waals surface area contributed by atoms with Crippen molar-refractivity contribution in [1.29, 1.82) is 0 Å². The number of carbonyl (C=O) groups excluding carboxylic acids is 1. The first-order valence-corrected chi connectivity index (χ1v) is 5.72. The average molecular weight is 261 g/mol. The highest BCUT2D eigenvalue weighted by Gasteiger charge is 2.36. The first-order valence-electron chi connectivity index (χ1n) is 5.72. The molecule has 0 bridgehead atoms. The minimum Gasteiger partial charge on any atom is -0.479 e. The van der Waals surface area contributed by atoms with Crippen molar-refractivity contribution in [3.05, 3.63) is 0 Å². The predicted molar refractivity (Wildman–Crippen MR) is 66.5 cm³/mol. The molecule has 0 rings (SSSR count). The summed E-state index contributed by atoms with van der Waals surface area (Å²) in [6.07, 6.45) is -1.57. The highest BCUT2D eigenvalue weighted by atomic mass is 16.6. The molecule has 6 nitrogen and oxygen atoms in total. The van der Waals surface area contributed by atoms with Gasteiger partial charge in [0.2, 0.25) is 0 Å². The van der Waals surface area contributed by atoms with Gasteiger partial charge in [-0.3, -0.25) is 0 Å². The molecule has 106 valence electrons. The largest absolute Gasteiger partial charge is 0.479 e. The fraction of sp³-hybridized carbons (Fsp3) is 0.833. The van der Waals surface area contributed by atoms with Crippen molar-refractivity contribution in [2.45, 2.75) is 46.3 Å². The topological polar surface area (TPSA) is 84.9 Å². The van der Waals surface area contributed by atoms with Crippen LogP contribution < -0.4 is 5.32 Å². The Morgan fingerprint density at radius 1 is 1.22 bits per heavy atom. The summed E-state index contributed by atoms with van der Waals surface area (Å²) in [7, 11) is 1.33. The number of hydrogen-bond acceptors (Lipinski definition) is 4. The normalized spacial score (nSPS) is 13.9. The van der Waals surface area contributed by atoms with Gasteiger partial charge in [0.1, 0.15) is 5.60 Å². The van der Waals surface area contributed by atoms with Crippen LogP contribution in [0.25, 0.3) is 0 Å². The second-order valence-corrected chi connectivity index (χ2v) is 5.80. The van der Waals surface area contributed by atoms with Crippen molar-refractivity contribution in [3.8, 4) is 0 Å². The van der Waals surface area contributed by atoms with Crippen molar-refractivity contribution in [1.82, 2.24) is 5.32 Å². The van der Waals surface area contributed by atoms with E-state index in [0.717, 1.165) is 0 Å². The van der Waals surface area contributed by atoms with E-state index in [0.29, 0.717) is 0 Å². The third kappa shape index (κ3) is 5.86. The molecular weight excluding hydrogens is 238 g/mol. The highest BCUT2D eigenvalue weighted by Crippen LogP contribution is 2.22. The Labute approximate surface area is 108 Å². The molecule has 2 N–H and O–H groups in total. The van der Waals surface area contributed by atoms with Crippen molar-refractivity contribution in [3.63, 3.8) is 0 Å². The quantitative estimate of drug-likeness (QED) is 0.785. The fourth-order valence-corrected chi connectivity index (χ4v) is 1.46. The Bertz CT molecular complexity index is 306. The number of carboxylic acid groups (broad SMARTS) is 1. The lowest BCUT2D eigenvalue weighted by Crippen LogP contribution is -2.47. The SMILES string of the molecule is COC(C(=O)O)C(C)(C)CNC(=O)OC(C)(C)C. The summed E-state index contributed by atoms with van der Waals surface area (Å²) in [5, 5.41) is 11.5. The number of amides is 1. The van der Waals surface area contributed by atoms with E-state index < -0.39 is 29.2 Å². The Kier molecular flexibility index (Phi) is 5.60. The zero-order valence-electron chi connectivity index (χ0n) is 11.9. The number of carboxylic acids is 1. The molecule has 1 amide bonds. The van der Waals surface area contributed by atoms with E-state index in [-0.39, 0.29) is 6.54 Å². The van der Waals surface area contributed by atoms with Crippen molar-refractivity contribution in [2.24, 2.45) is 5.41 Å². The third-order valence-corrected chi connectivity index (χ3v) is 2.26. The van der Waals surface area contributed by atoms with Gasteiger partial charge in [0, 0.05) is 19.1 Å². The van der Waals surface area contributed by atoms with Gasteiger partial charge in [-0.25, -0.2) is 9.59 Å². The molecule has 1 atom stereocenters. The van der Waals surface area contributed by atoms with Crippen LogP contribution in [0.3, 0.4) is 0 Å².